The number of pyridine rings is 1. The van der Waals surface area contributed by atoms with Gasteiger partial charge >= 0.3 is 0 Å². The van der Waals surface area contributed by atoms with Crippen LogP contribution in [0.1, 0.15) is 22.6 Å². The number of nitrogen functional groups attached to an aromatic ring is 1. The molecule has 7 nitrogen and oxygen atoms in total. The first-order chi connectivity index (χ1) is 15.8. The van der Waals surface area contributed by atoms with Gasteiger partial charge in [-0.3, -0.25) is 9.59 Å². The van der Waals surface area contributed by atoms with Crippen molar-refractivity contribution in [3.63, 3.8) is 0 Å². The highest BCUT2D eigenvalue weighted by Crippen LogP contribution is 2.19. The molecule has 0 aliphatic rings. The molecule has 2 amide bonds. The van der Waals surface area contributed by atoms with Gasteiger partial charge in [-0.1, -0.05) is 42.5 Å². The monoisotopic (exact) mass is 454 g/mol. The van der Waals surface area contributed by atoms with Gasteiger partial charge in [-0.25, -0.2) is 13.8 Å². The molecule has 0 saturated carbocycles. The first kappa shape index (κ1) is 23.8. The third-order valence-electron chi connectivity index (χ3n) is 5.03. The lowest BCUT2D eigenvalue weighted by molar-refractivity contribution is -0.129. The third-order valence-corrected chi connectivity index (χ3v) is 5.03. The Morgan fingerprint density at radius 2 is 1.70 bits per heavy atom. The first-order valence-electron chi connectivity index (χ1n) is 10.3. The molecule has 0 fully saturated rings. The number of hydrogen-bond donors (Lipinski definition) is 4. The number of hydrogen-bond acceptors (Lipinski definition) is 5. The average molecular weight is 454 g/mol. The number of aromatic nitrogens is 1. The van der Waals surface area contributed by atoms with Crippen molar-refractivity contribution in [2.24, 2.45) is 0 Å². The minimum atomic E-state index is -1.33. The van der Waals surface area contributed by atoms with Gasteiger partial charge in [0, 0.05) is 25.7 Å². The number of nitrogens with zero attached hydrogens (tertiary/aromatic N) is 1. The fourth-order valence-corrected chi connectivity index (χ4v) is 3.19. The maximum Gasteiger partial charge on any atom is 0.249 e. The molecule has 9 heteroatoms. The molecule has 3 aromatic rings. The maximum absolute atomic E-state index is 13.8. The van der Waals surface area contributed by atoms with E-state index in [9.17, 15) is 23.5 Å². The zero-order valence-corrected chi connectivity index (χ0v) is 17.7. The molecule has 0 aliphatic heterocycles. The van der Waals surface area contributed by atoms with Gasteiger partial charge in [0.25, 0.3) is 0 Å². The van der Waals surface area contributed by atoms with E-state index < -0.39 is 35.5 Å². The minimum absolute atomic E-state index is 0.0961. The third kappa shape index (κ3) is 6.81. The summed E-state index contributed by atoms with van der Waals surface area (Å²) in [5.41, 5.74) is 7.18. The summed E-state index contributed by atoms with van der Waals surface area (Å²) in [5.74, 6) is -4.04. The zero-order chi connectivity index (χ0) is 23.8. The lowest BCUT2D eigenvalue weighted by Crippen LogP contribution is -2.41. The summed E-state index contributed by atoms with van der Waals surface area (Å²) in [6.45, 7) is -0.0988. The summed E-state index contributed by atoms with van der Waals surface area (Å²) in [7, 11) is 0. The quantitative estimate of drug-likeness (QED) is 0.395. The van der Waals surface area contributed by atoms with Gasteiger partial charge in [-0.2, -0.15) is 0 Å². The Labute approximate surface area is 189 Å². The second kappa shape index (κ2) is 11.1. The SMILES string of the molecule is Nc1ccc(CNC(=O)[C@@H](CNC(=O)[C@H](O)Cc2ccccc2)c2ccc(F)c(F)c2)cn1. The smallest absolute Gasteiger partial charge is 0.249 e. The Hall–Kier alpha value is -3.85. The van der Waals surface area contributed by atoms with E-state index >= 15 is 0 Å². The van der Waals surface area contributed by atoms with Gasteiger partial charge in [0.05, 0.1) is 5.92 Å². The van der Waals surface area contributed by atoms with E-state index in [1.165, 1.54) is 12.3 Å². The van der Waals surface area contributed by atoms with Crippen molar-refractivity contribution in [2.45, 2.75) is 25.0 Å². The topological polar surface area (TPSA) is 117 Å². The summed E-state index contributed by atoms with van der Waals surface area (Å²) in [6, 6.07) is 15.3. The minimum Gasteiger partial charge on any atom is -0.384 e. The van der Waals surface area contributed by atoms with Crippen molar-refractivity contribution >= 4 is 17.6 Å². The van der Waals surface area contributed by atoms with E-state index in [1.54, 1.807) is 36.4 Å². The Balaban J connectivity index is 1.68. The molecular formula is C24H24F2N4O3. The molecule has 3 rings (SSSR count). The number of halogens is 2. The van der Waals surface area contributed by atoms with Crippen LogP contribution in [-0.2, 0) is 22.6 Å². The number of amides is 2. The van der Waals surface area contributed by atoms with Gasteiger partial charge < -0.3 is 21.5 Å². The highest BCUT2D eigenvalue weighted by Gasteiger charge is 2.24. The lowest BCUT2D eigenvalue weighted by Gasteiger charge is -2.19. The van der Waals surface area contributed by atoms with Crippen LogP contribution in [0.4, 0.5) is 14.6 Å². The first-order valence-corrected chi connectivity index (χ1v) is 10.3. The zero-order valence-electron chi connectivity index (χ0n) is 17.7. The van der Waals surface area contributed by atoms with E-state index in [4.69, 9.17) is 5.73 Å². The Morgan fingerprint density at radius 3 is 2.36 bits per heavy atom. The molecule has 0 aliphatic carbocycles. The van der Waals surface area contributed by atoms with Gasteiger partial charge in [0.1, 0.15) is 11.9 Å². The van der Waals surface area contributed by atoms with E-state index in [1.807, 2.05) is 6.07 Å². The van der Waals surface area contributed by atoms with E-state index in [0.717, 1.165) is 17.7 Å². The van der Waals surface area contributed by atoms with E-state index in [0.29, 0.717) is 11.4 Å². The van der Waals surface area contributed by atoms with Gasteiger partial charge in [-0.05, 0) is 34.9 Å². The molecule has 2 aromatic carbocycles. The normalized spacial score (nSPS) is 12.6. The van der Waals surface area contributed by atoms with Crippen LogP contribution in [0, 0.1) is 11.6 Å². The summed E-state index contributed by atoms with van der Waals surface area (Å²) in [4.78, 5) is 29.2. The van der Waals surface area contributed by atoms with Crippen molar-refractivity contribution in [3.05, 3.63) is 95.2 Å². The van der Waals surface area contributed by atoms with Crippen LogP contribution in [0.5, 0.6) is 0 Å². The number of nitrogens with two attached hydrogens (primary N) is 1. The number of rotatable bonds is 9. The van der Waals surface area contributed by atoms with Crippen molar-refractivity contribution in [1.29, 1.82) is 0 Å². The van der Waals surface area contributed by atoms with Crippen molar-refractivity contribution in [3.8, 4) is 0 Å². The van der Waals surface area contributed by atoms with Crippen LogP contribution in [-0.4, -0.2) is 34.6 Å². The van der Waals surface area contributed by atoms with Crippen molar-refractivity contribution < 1.29 is 23.5 Å². The van der Waals surface area contributed by atoms with Crippen LogP contribution in [0.25, 0.3) is 0 Å². The molecule has 1 heterocycles. The molecule has 0 bridgehead atoms. The molecule has 0 unspecified atom stereocenters. The fourth-order valence-electron chi connectivity index (χ4n) is 3.19. The van der Waals surface area contributed by atoms with Crippen LogP contribution >= 0.6 is 0 Å². The Kier molecular flexibility index (Phi) is 8.04. The summed E-state index contributed by atoms with van der Waals surface area (Å²) >= 11 is 0. The fraction of sp³-hybridized carbons (Fsp3) is 0.208. The van der Waals surface area contributed by atoms with Crippen LogP contribution in [0.3, 0.4) is 0 Å². The number of carbonyl (C=O) groups is 2. The van der Waals surface area contributed by atoms with E-state index in [2.05, 4.69) is 15.6 Å². The molecule has 172 valence electrons. The number of aliphatic hydroxyl groups excluding tert-OH is 1. The highest BCUT2D eigenvalue weighted by atomic mass is 19.2. The van der Waals surface area contributed by atoms with Gasteiger partial charge in [-0.15, -0.1) is 0 Å². The molecule has 1 aromatic heterocycles. The molecular weight excluding hydrogens is 430 g/mol. The predicted molar refractivity (Wildman–Crippen MR) is 119 cm³/mol. The Morgan fingerprint density at radius 1 is 0.939 bits per heavy atom. The summed E-state index contributed by atoms with van der Waals surface area (Å²) < 4.78 is 27.2. The molecule has 0 radical (unpaired) electrons. The second-order valence-corrected chi connectivity index (χ2v) is 7.49. The van der Waals surface area contributed by atoms with Crippen molar-refractivity contribution in [1.82, 2.24) is 15.6 Å². The maximum atomic E-state index is 13.8. The Bertz CT molecular complexity index is 1090. The standard InChI is InChI=1S/C24H24F2N4O3/c25-19-8-7-17(11-20(19)26)18(23(32)29-13-16-6-9-22(27)28-12-16)14-30-24(33)21(31)10-15-4-2-1-3-5-15/h1-9,11-12,18,21,31H,10,13-14H2,(H2,27,28)(H,29,32)(H,30,33)/t18-,21+/m0/s1. The van der Waals surface area contributed by atoms with Gasteiger partial charge in [0.15, 0.2) is 11.6 Å². The molecule has 0 spiro atoms. The molecule has 5 N–H and O–H groups in total. The number of benzene rings is 2. The molecule has 2 atom stereocenters. The lowest BCUT2D eigenvalue weighted by atomic mass is 9.97. The highest BCUT2D eigenvalue weighted by molar-refractivity contribution is 5.86. The van der Waals surface area contributed by atoms with Crippen LogP contribution in [0.2, 0.25) is 0 Å². The van der Waals surface area contributed by atoms with Gasteiger partial charge in [0.2, 0.25) is 11.8 Å². The number of anilines is 1. The number of nitrogens with one attached hydrogen (secondary N) is 2. The second-order valence-electron chi connectivity index (χ2n) is 7.49. The molecule has 0 saturated heterocycles. The average Bonchev–Trinajstić information content (AvgIpc) is 2.81. The summed E-state index contributed by atoms with van der Waals surface area (Å²) in [5, 5.41) is 15.4. The predicted octanol–water partition coefficient (Wildman–Crippen LogP) is 2.06. The van der Waals surface area contributed by atoms with Crippen molar-refractivity contribution in [2.75, 3.05) is 12.3 Å². The van der Waals surface area contributed by atoms with Crippen LogP contribution in [0.15, 0.2) is 66.9 Å². The largest absolute Gasteiger partial charge is 0.384 e. The molecule has 33 heavy (non-hydrogen) atoms. The number of aliphatic hydroxyl groups is 1. The number of carbonyl (C=O) groups excluding carboxylic acids is 2. The summed E-state index contributed by atoms with van der Waals surface area (Å²) in [6.07, 6.45) is 0.268. The van der Waals surface area contributed by atoms with E-state index in [-0.39, 0.29) is 25.1 Å². The van der Waals surface area contributed by atoms with Crippen LogP contribution < -0.4 is 16.4 Å².